The number of phenols is 1. The first kappa shape index (κ1) is 12.6. The summed E-state index contributed by atoms with van der Waals surface area (Å²) < 4.78 is 5.42. The van der Waals surface area contributed by atoms with Gasteiger partial charge in [0.05, 0.1) is 5.70 Å². The van der Waals surface area contributed by atoms with Crippen LogP contribution in [0, 0.1) is 6.92 Å². The molecule has 0 saturated carbocycles. The maximum Gasteiger partial charge on any atom is 0.307 e. The Morgan fingerprint density at radius 2 is 2.19 bits per heavy atom. The molecule has 0 bridgehead atoms. The predicted octanol–water partition coefficient (Wildman–Crippen LogP) is 2.28. The fourth-order valence-corrected chi connectivity index (χ4v) is 1.44. The number of hydrogen-bond acceptors (Lipinski definition) is 4. The largest absolute Gasteiger partial charge is 0.507 e. The Morgan fingerprint density at radius 1 is 1.56 bits per heavy atom. The van der Waals surface area contributed by atoms with Crippen molar-refractivity contribution in [2.45, 2.75) is 13.8 Å². The van der Waals surface area contributed by atoms with Gasteiger partial charge in [0.2, 0.25) is 0 Å². The van der Waals surface area contributed by atoms with E-state index >= 15 is 0 Å². The van der Waals surface area contributed by atoms with E-state index in [1.54, 1.807) is 12.1 Å². The molecule has 1 aromatic carbocycles. The van der Waals surface area contributed by atoms with Gasteiger partial charge in [0, 0.05) is 17.0 Å². The lowest BCUT2D eigenvalue weighted by Crippen LogP contribution is -2.01. The fraction of sp³-hybridized carbons (Fsp3) is 0.182. The molecule has 0 amide bonds. The molecule has 1 aromatic rings. The van der Waals surface area contributed by atoms with Crippen LogP contribution in [0.25, 0.3) is 5.70 Å². The number of esters is 1. The molecule has 5 heteroatoms. The average Bonchev–Trinajstić information content (AvgIpc) is 2.20. The van der Waals surface area contributed by atoms with Crippen molar-refractivity contribution in [3.05, 3.63) is 34.0 Å². The summed E-state index contributed by atoms with van der Waals surface area (Å²) in [4.78, 5) is 10.6. The number of phenolic OH excluding ortho intramolecular Hbond substituents is 1. The number of aryl methyl sites for hydroxylation is 1. The molecule has 4 nitrogen and oxygen atoms in total. The van der Waals surface area contributed by atoms with Gasteiger partial charge in [-0.1, -0.05) is 15.9 Å². The van der Waals surface area contributed by atoms with Crippen molar-refractivity contribution in [3.8, 4) is 5.75 Å². The Hall–Kier alpha value is -1.49. The van der Waals surface area contributed by atoms with E-state index < -0.39 is 5.97 Å². The van der Waals surface area contributed by atoms with Crippen LogP contribution < -0.4 is 5.73 Å². The maximum atomic E-state index is 10.6. The summed E-state index contributed by atoms with van der Waals surface area (Å²) in [5.74, 6) is -0.436. The summed E-state index contributed by atoms with van der Waals surface area (Å²) in [5.41, 5.74) is 7.22. The Balaban J connectivity index is 3.08. The van der Waals surface area contributed by atoms with E-state index in [-0.39, 0.29) is 11.4 Å². The van der Waals surface area contributed by atoms with Gasteiger partial charge >= 0.3 is 5.97 Å². The molecule has 0 aromatic heterocycles. The third-order valence-electron chi connectivity index (χ3n) is 1.94. The first-order valence-electron chi connectivity index (χ1n) is 4.54. The van der Waals surface area contributed by atoms with Crippen molar-refractivity contribution in [3.63, 3.8) is 0 Å². The Labute approximate surface area is 102 Å². The van der Waals surface area contributed by atoms with E-state index in [1.165, 1.54) is 6.92 Å². The molecule has 0 aliphatic rings. The third kappa shape index (κ3) is 3.00. The van der Waals surface area contributed by atoms with Crippen LogP contribution in [0.2, 0.25) is 0 Å². The van der Waals surface area contributed by atoms with E-state index in [1.807, 2.05) is 6.92 Å². The van der Waals surface area contributed by atoms with Crippen LogP contribution in [0.5, 0.6) is 5.75 Å². The second kappa shape index (κ2) is 5.03. The highest BCUT2D eigenvalue weighted by Crippen LogP contribution is 2.29. The van der Waals surface area contributed by atoms with Crippen LogP contribution in [0.15, 0.2) is 22.9 Å². The van der Waals surface area contributed by atoms with Gasteiger partial charge in [-0.2, -0.15) is 0 Å². The highest BCUT2D eigenvalue weighted by molar-refractivity contribution is 9.10. The van der Waals surface area contributed by atoms with E-state index in [2.05, 4.69) is 20.7 Å². The number of halogens is 1. The second-order valence-electron chi connectivity index (χ2n) is 3.30. The summed E-state index contributed by atoms with van der Waals surface area (Å²) >= 11 is 3.29. The van der Waals surface area contributed by atoms with Gasteiger partial charge in [0.1, 0.15) is 12.0 Å². The van der Waals surface area contributed by atoms with Crippen molar-refractivity contribution in [1.29, 1.82) is 0 Å². The number of nitrogens with two attached hydrogens (primary N) is 1. The summed E-state index contributed by atoms with van der Waals surface area (Å²) in [7, 11) is 0. The first-order chi connectivity index (χ1) is 7.41. The predicted molar refractivity (Wildman–Crippen MR) is 64.5 cm³/mol. The maximum absolute atomic E-state index is 10.6. The molecule has 86 valence electrons. The molecular weight excluding hydrogens is 274 g/mol. The highest BCUT2D eigenvalue weighted by atomic mass is 79.9. The molecular formula is C11H12BrNO3. The number of carbonyl (C=O) groups excluding carboxylic acids is 1. The molecule has 16 heavy (non-hydrogen) atoms. The normalized spacial score (nSPS) is 11.3. The summed E-state index contributed by atoms with van der Waals surface area (Å²) in [6.45, 7) is 3.14. The van der Waals surface area contributed by atoms with Crippen LogP contribution in [-0.4, -0.2) is 11.1 Å². The molecule has 0 aliphatic carbocycles. The Bertz CT molecular complexity index is 455. The lowest BCUT2D eigenvalue weighted by molar-refractivity contribution is -0.135. The Kier molecular flexibility index (Phi) is 3.95. The minimum atomic E-state index is -0.462. The molecule has 0 heterocycles. The van der Waals surface area contributed by atoms with Crippen molar-refractivity contribution in [1.82, 2.24) is 0 Å². The van der Waals surface area contributed by atoms with Gasteiger partial charge in [-0.05, 0) is 24.6 Å². The molecule has 0 saturated heterocycles. The van der Waals surface area contributed by atoms with Gasteiger partial charge in [0.15, 0.2) is 0 Å². The van der Waals surface area contributed by atoms with Crippen molar-refractivity contribution < 1.29 is 14.6 Å². The van der Waals surface area contributed by atoms with Gasteiger partial charge in [-0.15, -0.1) is 0 Å². The van der Waals surface area contributed by atoms with Crippen molar-refractivity contribution in [2.24, 2.45) is 5.73 Å². The third-order valence-corrected chi connectivity index (χ3v) is 2.79. The molecule has 0 aliphatic heterocycles. The molecule has 0 atom stereocenters. The minimum Gasteiger partial charge on any atom is -0.507 e. The van der Waals surface area contributed by atoms with E-state index in [0.717, 1.165) is 16.3 Å². The van der Waals surface area contributed by atoms with Crippen LogP contribution in [0.1, 0.15) is 18.1 Å². The van der Waals surface area contributed by atoms with Crippen molar-refractivity contribution >= 4 is 27.6 Å². The molecule has 3 N–H and O–H groups in total. The fourth-order valence-electron chi connectivity index (χ4n) is 1.11. The number of ether oxygens (including phenoxy) is 1. The molecule has 0 radical (unpaired) electrons. The smallest absolute Gasteiger partial charge is 0.307 e. The highest BCUT2D eigenvalue weighted by Gasteiger charge is 2.08. The molecule has 0 unspecified atom stereocenters. The number of hydrogen-bond donors (Lipinski definition) is 2. The number of carbonyl (C=O) groups is 1. The standard InChI is InChI=1S/C11H12BrNO3/c1-6-3-8(11(15)4-9(6)12)10(13)5-16-7(2)14/h3-5,15H,13H2,1-2H3. The molecule has 0 spiro atoms. The lowest BCUT2D eigenvalue weighted by Gasteiger charge is -2.07. The SMILES string of the molecule is CC(=O)OC=C(N)c1cc(C)c(Br)cc1O. The quantitative estimate of drug-likeness (QED) is 0.646. The minimum absolute atomic E-state index is 0.0263. The second-order valence-corrected chi connectivity index (χ2v) is 4.16. The van der Waals surface area contributed by atoms with E-state index in [9.17, 15) is 9.90 Å². The van der Waals surface area contributed by atoms with Crippen LogP contribution in [0.4, 0.5) is 0 Å². The zero-order valence-corrected chi connectivity index (χ0v) is 10.5. The topological polar surface area (TPSA) is 72.5 Å². The van der Waals surface area contributed by atoms with E-state index in [4.69, 9.17) is 5.73 Å². The zero-order valence-electron chi connectivity index (χ0n) is 8.95. The van der Waals surface area contributed by atoms with Crippen LogP contribution >= 0.6 is 15.9 Å². The van der Waals surface area contributed by atoms with E-state index in [0.29, 0.717) is 5.56 Å². The van der Waals surface area contributed by atoms with Gasteiger partial charge in [-0.25, -0.2) is 0 Å². The van der Waals surface area contributed by atoms with Crippen molar-refractivity contribution in [2.75, 3.05) is 0 Å². The number of aromatic hydroxyl groups is 1. The monoisotopic (exact) mass is 285 g/mol. The van der Waals surface area contributed by atoms with Crippen LogP contribution in [-0.2, 0) is 9.53 Å². The van der Waals surface area contributed by atoms with Crippen LogP contribution in [0.3, 0.4) is 0 Å². The number of benzene rings is 1. The lowest BCUT2D eigenvalue weighted by atomic mass is 10.1. The zero-order chi connectivity index (χ0) is 12.3. The Morgan fingerprint density at radius 3 is 2.75 bits per heavy atom. The summed E-state index contributed by atoms with van der Waals surface area (Å²) in [6, 6.07) is 3.24. The summed E-state index contributed by atoms with van der Waals surface area (Å²) in [6.07, 6.45) is 1.12. The summed E-state index contributed by atoms with van der Waals surface area (Å²) in [5, 5.41) is 9.66. The van der Waals surface area contributed by atoms with Gasteiger partial charge < -0.3 is 15.6 Å². The first-order valence-corrected chi connectivity index (χ1v) is 5.33. The average molecular weight is 286 g/mol. The van der Waals surface area contributed by atoms with Gasteiger partial charge in [-0.3, -0.25) is 4.79 Å². The van der Waals surface area contributed by atoms with Gasteiger partial charge in [0.25, 0.3) is 0 Å². The molecule has 1 rings (SSSR count). The number of rotatable bonds is 2. The molecule has 0 fully saturated rings.